The maximum Gasteiger partial charge on any atom is 0.116 e. The molecule has 0 aromatic carbocycles. The molecule has 0 radical (unpaired) electrons. The average molecular weight is 233 g/mol. The number of aliphatic hydroxyl groups excluding tert-OH is 1. The zero-order chi connectivity index (χ0) is 11.4. The summed E-state index contributed by atoms with van der Waals surface area (Å²) in [5, 5.41) is 11.2. The normalized spacial score (nSPS) is 12.4. The molecule has 1 N–H and O–H groups in total. The Morgan fingerprint density at radius 2 is 2.12 bits per heavy atom. The van der Waals surface area contributed by atoms with E-state index in [4.69, 9.17) is 0 Å². The van der Waals surface area contributed by atoms with Crippen LogP contribution in [0.5, 0.6) is 0 Å². The Bertz CT molecular complexity index is 462. The first-order valence-electron chi connectivity index (χ1n) is 4.84. The Labute approximate surface area is 97.8 Å². The van der Waals surface area contributed by atoms with E-state index in [0.717, 1.165) is 15.6 Å². The molecule has 0 spiro atoms. The fourth-order valence-electron chi connectivity index (χ4n) is 1.24. The molecule has 0 aliphatic rings. The van der Waals surface area contributed by atoms with Crippen LogP contribution in [0.25, 0.3) is 0 Å². The molecule has 82 valence electrons. The predicted molar refractivity (Wildman–Crippen MR) is 61.0 cm³/mol. The summed E-state index contributed by atoms with van der Waals surface area (Å²) in [6, 6.07) is 5.48. The van der Waals surface area contributed by atoms with Gasteiger partial charge in [0, 0.05) is 18.0 Å². The molecule has 5 heteroatoms. The lowest BCUT2D eigenvalue weighted by Crippen LogP contribution is -1.96. The van der Waals surface area contributed by atoms with Crippen molar-refractivity contribution in [3.63, 3.8) is 0 Å². The van der Waals surface area contributed by atoms with E-state index in [2.05, 4.69) is 15.0 Å². The molecule has 4 nitrogen and oxygen atoms in total. The Kier molecular flexibility index (Phi) is 3.48. The molecular weight excluding hydrogens is 222 g/mol. The van der Waals surface area contributed by atoms with E-state index in [1.165, 1.54) is 18.1 Å². The van der Waals surface area contributed by atoms with E-state index in [1.54, 1.807) is 19.3 Å². The Hall–Kier alpha value is -1.46. The number of aromatic nitrogens is 3. The summed E-state index contributed by atoms with van der Waals surface area (Å²) in [5.74, 6) is 0. The van der Waals surface area contributed by atoms with Gasteiger partial charge in [0.2, 0.25) is 0 Å². The fourth-order valence-corrected chi connectivity index (χ4v) is 2.14. The molecule has 2 rings (SSSR count). The van der Waals surface area contributed by atoms with E-state index in [0.29, 0.717) is 0 Å². The second-order valence-corrected chi connectivity index (χ2v) is 4.23. The highest BCUT2D eigenvalue weighted by atomic mass is 32.2. The van der Waals surface area contributed by atoms with E-state index in [1.807, 2.05) is 18.2 Å². The molecule has 0 saturated carbocycles. The highest BCUT2D eigenvalue weighted by Gasteiger charge is 2.10. The van der Waals surface area contributed by atoms with Gasteiger partial charge in [0.05, 0.1) is 6.10 Å². The zero-order valence-electron chi connectivity index (χ0n) is 8.74. The summed E-state index contributed by atoms with van der Waals surface area (Å²) in [4.78, 5) is 12.2. The third kappa shape index (κ3) is 2.56. The lowest BCUT2D eigenvalue weighted by atomic mass is 10.2. The zero-order valence-corrected chi connectivity index (χ0v) is 9.56. The van der Waals surface area contributed by atoms with Crippen molar-refractivity contribution < 1.29 is 5.11 Å². The van der Waals surface area contributed by atoms with Crippen LogP contribution in [0.4, 0.5) is 0 Å². The highest BCUT2D eigenvalue weighted by Crippen LogP contribution is 2.29. The molecule has 0 saturated heterocycles. The molecule has 2 heterocycles. The molecule has 0 aliphatic carbocycles. The second-order valence-electron chi connectivity index (χ2n) is 3.22. The summed E-state index contributed by atoms with van der Waals surface area (Å²) in [6.07, 6.45) is 4.35. The van der Waals surface area contributed by atoms with Gasteiger partial charge in [-0.25, -0.2) is 15.0 Å². The molecule has 1 atom stereocenters. The van der Waals surface area contributed by atoms with Crippen molar-refractivity contribution in [1.29, 1.82) is 0 Å². The molecule has 0 amide bonds. The first-order valence-corrected chi connectivity index (χ1v) is 5.66. The monoisotopic (exact) mass is 233 g/mol. The quantitative estimate of drug-likeness (QED) is 0.822. The molecule has 0 aliphatic heterocycles. The second kappa shape index (κ2) is 5.05. The van der Waals surface area contributed by atoms with Gasteiger partial charge in [0.1, 0.15) is 16.4 Å². The van der Waals surface area contributed by atoms with E-state index in [9.17, 15) is 5.11 Å². The van der Waals surface area contributed by atoms with Crippen LogP contribution in [0.3, 0.4) is 0 Å². The van der Waals surface area contributed by atoms with Gasteiger partial charge in [-0.1, -0.05) is 6.07 Å². The van der Waals surface area contributed by atoms with E-state index < -0.39 is 6.10 Å². The number of hydrogen-bond acceptors (Lipinski definition) is 5. The number of aliphatic hydroxyl groups is 1. The van der Waals surface area contributed by atoms with Crippen molar-refractivity contribution in [1.82, 2.24) is 15.0 Å². The number of nitrogens with zero attached hydrogens (tertiary/aromatic N) is 3. The van der Waals surface area contributed by atoms with Crippen LogP contribution in [0.1, 0.15) is 18.6 Å². The van der Waals surface area contributed by atoms with Gasteiger partial charge >= 0.3 is 0 Å². The van der Waals surface area contributed by atoms with Crippen molar-refractivity contribution in [2.24, 2.45) is 0 Å². The fraction of sp³-hybridized carbons (Fsp3) is 0.182. The summed E-state index contributed by atoms with van der Waals surface area (Å²) in [5.41, 5.74) is 0.811. The van der Waals surface area contributed by atoms with Gasteiger partial charge < -0.3 is 5.11 Å². The van der Waals surface area contributed by atoms with Gasteiger partial charge in [0.15, 0.2) is 0 Å². The maximum absolute atomic E-state index is 9.60. The highest BCUT2D eigenvalue weighted by molar-refractivity contribution is 7.99. The summed E-state index contributed by atoms with van der Waals surface area (Å²) in [6.45, 7) is 1.72. The van der Waals surface area contributed by atoms with Crippen LogP contribution in [0, 0.1) is 0 Å². The van der Waals surface area contributed by atoms with Crippen LogP contribution < -0.4 is 0 Å². The third-order valence-electron chi connectivity index (χ3n) is 2.01. The molecule has 16 heavy (non-hydrogen) atoms. The molecular formula is C11H11N3OS. The number of pyridine rings is 1. The SMILES string of the molecule is C[C@H](O)c1cccnc1Sc1ccncn1. The van der Waals surface area contributed by atoms with E-state index in [-0.39, 0.29) is 0 Å². The largest absolute Gasteiger partial charge is 0.389 e. The summed E-state index contributed by atoms with van der Waals surface area (Å²) < 4.78 is 0. The Morgan fingerprint density at radius 3 is 2.81 bits per heavy atom. The summed E-state index contributed by atoms with van der Waals surface area (Å²) >= 11 is 1.42. The van der Waals surface area contributed by atoms with Crippen molar-refractivity contribution in [3.05, 3.63) is 42.5 Å². The first-order chi connectivity index (χ1) is 7.77. The van der Waals surface area contributed by atoms with Crippen molar-refractivity contribution >= 4 is 11.8 Å². The number of hydrogen-bond donors (Lipinski definition) is 1. The Balaban J connectivity index is 2.28. The van der Waals surface area contributed by atoms with Crippen LogP contribution >= 0.6 is 11.8 Å². The van der Waals surface area contributed by atoms with Gasteiger partial charge in [0.25, 0.3) is 0 Å². The number of rotatable bonds is 3. The van der Waals surface area contributed by atoms with Crippen LogP contribution in [-0.2, 0) is 0 Å². The molecule has 2 aromatic heterocycles. The van der Waals surface area contributed by atoms with Gasteiger partial charge in [-0.3, -0.25) is 0 Å². The maximum atomic E-state index is 9.60. The van der Waals surface area contributed by atoms with Gasteiger partial charge in [-0.05, 0) is 30.8 Å². The molecule has 2 aromatic rings. The summed E-state index contributed by atoms with van der Waals surface area (Å²) in [7, 11) is 0. The lowest BCUT2D eigenvalue weighted by Gasteiger charge is -2.09. The average Bonchev–Trinajstić information content (AvgIpc) is 2.31. The minimum absolute atomic E-state index is 0.530. The third-order valence-corrected chi connectivity index (χ3v) is 2.99. The molecule has 0 unspecified atom stereocenters. The van der Waals surface area contributed by atoms with Crippen LogP contribution in [0.2, 0.25) is 0 Å². The molecule has 0 bridgehead atoms. The lowest BCUT2D eigenvalue weighted by molar-refractivity contribution is 0.195. The Morgan fingerprint density at radius 1 is 1.25 bits per heavy atom. The van der Waals surface area contributed by atoms with Crippen molar-refractivity contribution in [2.45, 2.75) is 23.1 Å². The minimum atomic E-state index is -0.530. The minimum Gasteiger partial charge on any atom is -0.389 e. The van der Waals surface area contributed by atoms with Crippen LogP contribution in [-0.4, -0.2) is 20.1 Å². The van der Waals surface area contributed by atoms with Gasteiger partial charge in [-0.15, -0.1) is 0 Å². The van der Waals surface area contributed by atoms with Gasteiger partial charge in [-0.2, -0.15) is 0 Å². The van der Waals surface area contributed by atoms with Crippen LogP contribution in [0.15, 0.2) is 47.0 Å². The van der Waals surface area contributed by atoms with Crippen molar-refractivity contribution in [2.75, 3.05) is 0 Å². The van der Waals surface area contributed by atoms with Crippen molar-refractivity contribution in [3.8, 4) is 0 Å². The topological polar surface area (TPSA) is 58.9 Å². The smallest absolute Gasteiger partial charge is 0.116 e. The first kappa shape index (κ1) is 11.0. The molecule has 0 fully saturated rings. The predicted octanol–water partition coefficient (Wildman–Crippen LogP) is 2.08. The van der Waals surface area contributed by atoms with E-state index >= 15 is 0 Å². The standard InChI is InChI=1S/C11H11N3OS/c1-8(15)9-3-2-5-13-11(9)16-10-4-6-12-7-14-10/h2-8,15H,1H3/t8-/m0/s1.